The number of nitrogens with zero attached hydrogens (tertiary/aromatic N) is 1. The Hall–Kier alpha value is -3.48. The molecule has 0 aliphatic carbocycles. The molecule has 1 N–H and O–H groups in total. The van der Waals surface area contributed by atoms with Crippen LogP contribution in [0.15, 0.2) is 52.9 Å². The molecule has 7 heteroatoms. The summed E-state index contributed by atoms with van der Waals surface area (Å²) in [6, 6.07) is 14.7. The number of aryl methyl sites for hydroxylation is 1. The maximum absolute atomic E-state index is 12.0. The normalized spacial score (nSPS) is 10.4. The second-order valence-corrected chi connectivity index (χ2v) is 6.29. The van der Waals surface area contributed by atoms with Crippen LogP contribution in [-0.4, -0.2) is 38.3 Å². The first kappa shape index (κ1) is 20.3. The Morgan fingerprint density at radius 2 is 1.76 bits per heavy atom. The molecule has 0 aliphatic heterocycles. The molecule has 0 aliphatic rings. The van der Waals surface area contributed by atoms with Crippen LogP contribution in [0.5, 0.6) is 17.2 Å². The fourth-order valence-electron chi connectivity index (χ4n) is 2.77. The highest BCUT2D eigenvalue weighted by Crippen LogP contribution is 2.26. The van der Waals surface area contributed by atoms with Gasteiger partial charge in [-0.2, -0.15) is 0 Å². The van der Waals surface area contributed by atoms with E-state index in [4.69, 9.17) is 18.6 Å². The fraction of sp³-hybridized carbons (Fsp3) is 0.273. The number of benzene rings is 2. The highest BCUT2D eigenvalue weighted by Gasteiger charge is 2.12. The molecule has 2 aromatic carbocycles. The number of carbonyl (C=O) groups excluding carboxylic acids is 1. The number of rotatable bonds is 9. The fourth-order valence-corrected chi connectivity index (χ4v) is 2.77. The molecule has 7 nitrogen and oxygen atoms in total. The zero-order valence-electron chi connectivity index (χ0n) is 16.7. The SMILES string of the molecule is COc1ccc(-c2nc(CCNC(=O)COc3ccccc3OC)c(C)o2)cc1. The Labute approximate surface area is 169 Å². The van der Waals surface area contributed by atoms with Gasteiger partial charge in [0.25, 0.3) is 5.91 Å². The monoisotopic (exact) mass is 396 g/mol. The van der Waals surface area contributed by atoms with Crippen molar-refractivity contribution in [1.29, 1.82) is 0 Å². The quantitative estimate of drug-likeness (QED) is 0.597. The molecule has 0 bridgehead atoms. The van der Waals surface area contributed by atoms with E-state index in [1.165, 1.54) is 0 Å². The van der Waals surface area contributed by atoms with E-state index in [-0.39, 0.29) is 12.5 Å². The molecule has 1 aromatic heterocycles. The minimum absolute atomic E-state index is 0.0880. The third kappa shape index (κ3) is 5.28. The number of carbonyl (C=O) groups is 1. The van der Waals surface area contributed by atoms with E-state index in [1.807, 2.05) is 43.3 Å². The summed E-state index contributed by atoms with van der Waals surface area (Å²) in [6.07, 6.45) is 0.561. The average molecular weight is 396 g/mol. The number of ether oxygens (including phenoxy) is 3. The lowest BCUT2D eigenvalue weighted by Crippen LogP contribution is -2.30. The van der Waals surface area contributed by atoms with Gasteiger partial charge in [-0.3, -0.25) is 4.79 Å². The van der Waals surface area contributed by atoms with E-state index in [0.717, 1.165) is 22.8 Å². The topological polar surface area (TPSA) is 82.8 Å². The molecule has 29 heavy (non-hydrogen) atoms. The van der Waals surface area contributed by atoms with E-state index < -0.39 is 0 Å². The van der Waals surface area contributed by atoms with Crippen LogP contribution in [0, 0.1) is 6.92 Å². The van der Waals surface area contributed by atoms with Gasteiger partial charge in [0.15, 0.2) is 18.1 Å². The number of oxazole rings is 1. The highest BCUT2D eigenvalue weighted by atomic mass is 16.5. The maximum atomic E-state index is 12.0. The molecular weight excluding hydrogens is 372 g/mol. The standard InChI is InChI=1S/C22H24N2O5/c1-15-18(24-22(29-15)16-8-10-17(26-2)11-9-16)12-13-23-21(25)14-28-20-7-5-4-6-19(20)27-3/h4-11H,12-14H2,1-3H3,(H,23,25). The van der Waals surface area contributed by atoms with Gasteiger partial charge in [0, 0.05) is 18.5 Å². The average Bonchev–Trinajstić information content (AvgIpc) is 3.13. The summed E-state index contributed by atoms with van der Waals surface area (Å²) < 4.78 is 21.6. The molecule has 0 spiro atoms. The van der Waals surface area contributed by atoms with Crippen molar-refractivity contribution in [3.63, 3.8) is 0 Å². The minimum Gasteiger partial charge on any atom is -0.497 e. The molecule has 152 valence electrons. The van der Waals surface area contributed by atoms with Gasteiger partial charge in [-0.15, -0.1) is 0 Å². The molecule has 0 radical (unpaired) electrons. The number of hydrogen-bond donors (Lipinski definition) is 1. The molecule has 3 aromatic rings. The van der Waals surface area contributed by atoms with Crippen LogP contribution in [0.1, 0.15) is 11.5 Å². The molecule has 3 rings (SSSR count). The second-order valence-electron chi connectivity index (χ2n) is 6.29. The van der Waals surface area contributed by atoms with Crippen molar-refractivity contribution in [3.05, 3.63) is 60.0 Å². The van der Waals surface area contributed by atoms with Gasteiger partial charge < -0.3 is 23.9 Å². The van der Waals surface area contributed by atoms with Crippen LogP contribution >= 0.6 is 0 Å². The largest absolute Gasteiger partial charge is 0.497 e. The van der Waals surface area contributed by atoms with Crippen molar-refractivity contribution in [2.45, 2.75) is 13.3 Å². The summed E-state index contributed by atoms with van der Waals surface area (Å²) in [5.74, 6) is 2.95. The van der Waals surface area contributed by atoms with Crippen LogP contribution in [0.4, 0.5) is 0 Å². The Balaban J connectivity index is 1.50. The predicted octanol–water partition coefficient (Wildman–Crippen LogP) is 3.40. The summed E-state index contributed by atoms with van der Waals surface area (Å²) >= 11 is 0. The zero-order valence-corrected chi connectivity index (χ0v) is 16.7. The summed E-state index contributed by atoms with van der Waals surface area (Å²) in [4.78, 5) is 16.6. The predicted molar refractivity (Wildman–Crippen MR) is 108 cm³/mol. The van der Waals surface area contributed by atoms with E-state index in [0.29, 0.717) is 30.4 Å². The first-order valence-corrected chi connectivity index (χ1v) is 9.24. The number of methoxy groups -OCH3 is 2. The van der Waals surface area contributed by atoms with Gasteiger partial charge in [-0.05, 0) is 43.3 Å². The first-order chi connectivity index (χ1) is 14.1. The van der Waals surface area contributed by atoms with Crippen LogP contribution in [-0.2, 0) is 11.2 Å². The number of nitrogens with one attached hydrogen (secondary N) is 1. The molecule has 0 saturated carbocycles. The summed E-state index contributed by atoms with van der Waals surface area (Å²) in [6.45, 7) is 2.21. The molecule has 0 atom stereocenters. The molecule has 0 unspecified atom stereocenters. The van der Waals surface area contributed by atoms with Gasteiger partial charge in [0.2, 0.25) is 5.89 Å². The number of amides is 1. The van der Waals surface area contributed by atoms with Crippen LogP contribution < -0.4 is 19.5 Å². The summed E-state index contributed by atoms with van der Waals surface area (Å²) in [5.41, 5.74) is 1.68. The van der Waals surface area contributed by atoms with E-state index in [2.05, 4.69) is 10.3 Å². The Morgan fingerprint density at radius 3 is 2.45 bits per heavy atom. The van der Waals surface area contributed by atoms with Crippen LogP contribution in [0.2, 0.25) is 0 Å². The van der Waals surface area contributed by atoms with Gasteiger partial charge in [-0.1, -0.05) is 12.1 Å². The Morgan fingerprint density at radius 1 is 1.03 bits per heavy atom. The number of aromatic nitrogens is 1. The van der Waals surface area contributed by atoms with Crippen molar-refractivity contribution in [1.82, 2.24) is 10.3 Å². The molecule has 1 amide bonds. The van der Waals surface area contributed by atoms with E-state index >= 15 is 0 Å². The summed E-state index contributed by atoms with van der Waals surface area (Å²) in [5, 5.41) is 2.83. The third-order valence-corrected chi connectivity index (χ3v) is 4.34. The van der Waals surface area contributed by atoms with Gasteiger partial charge >= 0.3 is 0 Å². The Kier molecular flexibility index (Phi) is 6.73. The highest BCUT2D eigenvalue weighted by molar-refractivity contribution is 5.77. The van der Waals surface area contributed by atoms with Crippen molar-refractivity contribution in [3.8, 4) is 28.7 Å². The summed E-state index contributed by atoms with van der Waals surface area (Å²) in [7, 11) is 3.18. The third-order valence-electron chi connectivity index (χ3n) is 4.34. The van der Waals surface area contributed by atoms with E-state index in [9.17, 15) is 4.79 Å². The van der Waals surface area contributed by atoms with Crippen LogP contribution in [0.25, 0.3) is 11.5 Å². The van der Waals surface area contributed by atoms with Crippen molar-refractivity contribution in [2.24, 2.45) is 0 Å². The molecular formula is C22H24N2O5. The Bertz CT molecular complexity index is 950. The lowest BCUT2D eigenvalue weighted by Gasteiger charge is -2.10. The van der Waals surface area contributed by atoms with Gasteiger partial charge in [-0.25, -0.2) is 4.98 Å². The smallest absolute Gasteiger partial charge is 0.257 e. The first-order valence-electron chi connectivity index (χ1n) is 9.24. The van der Waals surface area contributed by atoms with Gasteiger partial charge in [0.05, 0.1) is 19.9 Å². The van der Waals surface area contributed by atoms with Crippen molar-refractivity contribution >= 4 is 5.91 Å². The van der Waals surface area contributed by atoms with Crippen LogP contribution in [0.3, 0.4) is 0 Å². The number of hydrogen-bond acceptors (Lipinski definition) is 6. The van der Waals surface area contributed by atoms with Gasteiger partial charge in [0.1, 0.15) is 11.5 Å². The van der Waals surface area contributed by atoms with Crippen molar-refractivity contribution in [2.75, 3.05) is 27.4 Å². The lowest BCUT2D eigenvalue weighted by molar-refractivity contribution is -0.123. The second kappa shape index (κ2) is 9.64. The minimum atomic E-state index is -0.215. The van der Waals surface area contributed by atoms with E-state index in [1.54, 1.807) is 26.4 Å². The molecule has 0 fully saturated rings. The zero-order chi connectivity index (χ0) is 20.6. The molecule has 0 saturated heterocycles. The van der Waals surface area contributed by atoms with Crippen molar-refractivity contribution < 1.29 is 23.4 Å². The maximum Gasteiger partial charge on any atom is 0.257 e. The lowest BCUT2D eigenvalue weighted by atomic mass is 10.2. The number of para-hydroxylation sites is 2. The molecule has 1 heterocycles.